The van der Waals surface area contributed by atoms with Gasteiger partial charge in [0.15, 0.2) is 0 Å². The van der Waals surface area contributed by atoms with Crippen LogP contribution in [0.3, 0.4) is 0 Å². The van der Waals surface area contributed by atoms with Gasteiger partial charge in [0.1, 0.15) is 12.1 Å². The zero-order chi connectivity index (χ0) is 24.0. The molecular formula is C25H27N3O5. The lowest BCUT2D eigenvalue weighted by molar-refractivity contribution is -0.147. The van der Waals surface area contributed by atoms with Gasteiger partial charge < -0.3 is 9.64 Å². The number of rotatable bonds is 8. The lowest BCUT2D eigenvalue weighted by Crippen LogP contribution is -2.57. The first-order valence-corrected chi connectivity index (χ1v) is 10.7. The molecule has 0 spiro atoms. The molecule has 8 heteroatoms. The number of esters is 1. The predicted octanol–water partition coefficient (Wildman–Crippen LogP) is 3.08. The van der Waals surface area contributed by atoms with Gasteiger partial charge in [-0.2, -0.15) is 0 Å². The Kier molecular flexibility index (Phi) is 7.61. The van der Waals surface area contributed by atoms with E-state index >= 15 is 0 Å². The summed E-state index contributed by atoms with van der Waals surface area (Å²) in [5.74, 6) is -2.29. The summed E-state index contributed by atoms with van der Waals surface area (Å²) >= 11 is 0. The van der Waals surface area contributed by atoms with Crippen molar-refractivity contribution in [2.45, 2.75) is 20.4 Å². The summed E-state index contributed by atoms with van der Waals surface area (Å²) in [6.07, 6.45) is 1.45. The van der Waals surface area contributed by atoms with Crippen LogP contribution in [0.25, 0.3) is 6.08 Å². The van der Waals surface area contributed by atoms with E-state index in [-0.39, 0.29) is 12.1 Å². The first-order valence-electron chi connectivity index (χ1n) is 10.7. The maximum absolute atomic E-state index is 13.2. The fraction of sp³-hybridized carbons (Fsp3) is 0.280. The van der Waals surface area contributed by atoms with Crippen LogP contribution in [-0.2, 0) is 25.7 Å². The molecule has 0 aromatic heterocycles. The zero-order valence-corrected chi connectivity index (χ0v) is 19.0. The SMILES string of the molecule is CCN(CC)c1ccc(/C=C2\C(=O)N(CC(=O)OC)C(=O)N(Cc3ccccc3)C2=O)cc1. The number of hydrogen-bond acceptors (Lipinski definition) is 6. The van der Waals surface area contributed by atoms with Crippen molar-refractivity contribution in [3.63, 3.8) is 0 Å². The summed E-state index contributed by atoms with van der Waals surface area (Å²) in [7, 11) is 1.17. The average Bonchev–Trinajstić information content (AvgIpc) is 2.84. The fourth-order valence-corrected chi connectivity index (χ4v) is 3.60. The topological polar surface area (TPSA) is 87.2 Å². The van der Waals surface area contributed by atoms with E-state index in [1.54, 1.807) is 24.3 Å². The molecule has 3 rings (SSSR count). The summed E-state index contributed by atoms with van der Waals surface area (Å²) in [6, 6.07) is 15.5. The minimum Gasteiger partial charge on any atom is -0.468 e. The molecule has 2 aromatic carbocycles. The molecular weight excluding hydrogens is 422 g/mol. The van der Waals surface area contributed by atoms with Crippen molar-refractivity contribution in [1.29, 1.82) is 0 Å². The first kappa shape index (κ1) is 23.7. The van der Waals surface area contributed by atoms with E-state index in [0.29, 0.717) is 5.56 Å². The molecule has 0 radical (unpaired) electrons. The number of urea groups is 1. The third-order valence-electron chi connectivity index (χ3n) is 5.44. The highest BCUT2D eigenvalue weighted by Crippen LogP contribution is 2.23. The van der Waals surface area contributed by atoms with Crippen molar-refractivity contribution in [2.24, 2.45) is 0 Å². The van der Waals surface area contributed by atoms with Crippen LogP contribution < -0.4 is 4.90 Å². The number of anilines is 1. The van der Waals surface area contributed by atoms with Crippen LogP contribution in [-0.4, -0.2) is 60.4 Å². The molecule has 1 heterocycles. The molecule has 0 N–H and O–H groups in total. The molecule has 33 heavy (non-hydrogen) atoms. The number of barbiturate groups is 1. The van der Waals surface area contributed by atoms with Gasteiger partial charge in [0.25, 0.3) is 11.8 Å². The first-order chi connectivity index (χ1) is 15.9. The molecule has 8 nitrogen and oxygen atoms in total. The van der Waals surface area contributed by atoms with Crippen molar-refractivity contribution in [3.05, 3.63) is 71.3 Å². The average molecular weight is 450 g/mol. The zero-order valence-electron chi connectivity index (χ0n) is 19.0. The second-order valence-electron chi connectivity index (χ2n) is 7.45. The van der Waals surface area contributed by atoms with E-state index < -0.39 is 30.4 Å². The van der Waals surface area contributed by atoms with Gasteiger partial charge in [-0.3, -0.25) is 19.3 Å². The van der Waals surface area contributed by atoms with Crippen LogP contribution in [0.2, 0.25) is 0 Å². The number of amides is 4. The molecule has 1 fully saturated rings. The van der Waals surface area contributed by atoms with E-state index in [1.807, 2.05) is 30.3 Å². The Balaban J connectivity index is 1.97. The van der Waals surface area contributed by atoms with Gasteiger partial charge in [0.05, 0.1) is 13.7 Å². The van der Waals surface area contributed by atoms with Gasteiger partial charge in [-0.15, -0.1) is 0 Å². The van der Waals surface area contributed by atoms with Crippen molar-refractivity contribution in [3.8, 4) is 0 Å². The standard InChI is InChI=1S/C25H27N3O5/c1-4-26(5-2)20-13-11-18(12-14-20)15-21-23(30)27(16-19-9-7-6-8-10-19)25(32)28(24(21)31)17-22(29)33-3/h6-15H,4-5,16-17H2,1-3H3/b21-15-. The minimum absolute atomic E-state index is 0.0261. The highest BCUT2D eigenvalue weighted by molar-refractivity contribution is 6.31. The quantitative estimate of drug-likeness (QED) is 0.350. The molecule has 0 atom stereocenters. The Morgan fingerprint density at radius 1 is 0.909 bits per heavy atom. The summed E-state index contributed by atoms with van der Waals surface area (Å²) in [5.41, 5.74) is 2.19. The van der Waals surface area contributed by atoms with Gasteiger partial charge in [0, 0.05) is 18.8 Å². The number of carbonyl (C=O) groups excluding carboxylic acids is 4. The number of benzene rings is 2. The van der Waals surface area contributed by atoms with Gasteiger partial charge in [-0.1, -0.05) is 42.5 Å². The summed E-state index contributed by atoms with van der Waals surface area (Å²) in [6.45, 7) is 5.23. The number of hydrogen-bond donors (Lipinski definition) is 0. The molecule has 1 saturated heterocycles. The lowest BCUT2D eigenvalue weighted by Gasteiger charge is -2.33. The van der Waals surface area contributed by atoms with Gasteiger partial charge >= 0.3 is 12.0 Å². The molecule has 1 aliphatic rings. The maximum atomic E-state index is 13.2. The van der Waals surface area contributed by atoms with E-state index in [9.17, 15) is 19.2 Å². The van der Waals surface area contributed by atoms with Crippen LogP contribution in [0.5, 0.6) is 0 Å². The fourth-order valence-electron chi connectivity index (χ4n) is 3.60. The smallest absolute Gasteiger partial charge is 0.334 e. The third-order valence-corrected chi connectivity index (χ3v) is 5.44. The van der Waals surface area contributed by atoms with Crippen molar-refractivity contribution < 1.29 is 23.9 Å². The van der Waals surface area contributed by atoms with E-state index in [1.165, 1.54) is 13.2 Å². The van der Waals surface area contributed by atoms with E-state index in [2.05, 4.69) is 23.5 Å². The molecule has 0 bridgehead atoms. The largest absolute Gasteiger partial charge is 0.468 e. The van der Waals surface area contributed by atoms with Gasteiger partial charge in [-0.05, 0) is 43.2 Å². The van der Waals surface area contributed by atoms with Crippen molar-refractivity contribution >= 4 is 35.6 Å². The highest BCUT2D eigenvalue weighted by atomic mass is 16.5. The highest BCUT2D eigenvalue weighted by Gasteiger charge is 2.42. The molecule has 0 unspecified atom stereocenters. The van der Waals surface area contributed by atoms with Crippen LogP contribution in [0, 0.1) is 0 Å². The van der Waals surface area contributed by atoms with Crippen LogP contribution >= 0.6 is 0 Å². The second-order valence-corrected chi connectivity index (χ2v) is 7.45. The van der Waals surface area contributed by atoms with Crippen molar-refractivity contribution in [1.82, 2.24) is 9.80 Å². The van der Waals surface area contributed by atoms with Crippen molar-refractivity contribution in [2.75, 3.05) is 31.6 Å². The Morgan fingerprint density at radius 3 is 2.09 bits per heavy atom. The second kappa shape index (κ2) is 10.6. The summed E-state index contributed by atoms with van der Waals surface area (Å²) < 4.78 is 4.63. The lowest BCUT2D eigenvalue weighted by atomic mass is 10.0. The third kappa shape index (κ3) is 5.28. The van der Waals surface area contributed by atoms with Gasteiger partial charge in [-0.25, -0.2) is 9.69 Å². The molecule has 2 aromatic rings. The molecule has 4 amide bonds. The number of ether oxygens (including phenoxy) is 1. The Labute approximate surface area is 193 Å². The van der Waals surface area contributed by atoms with Crippen LogP contribution in [0.4, 0.5) is 10.5 Å². The van der Waals surface area contributed by atoms with E-state index in [4.69, 9.17) is 0 Å². The molecule has 0 saturated carbocycles. The molecule has 0 aliphatic carbocycles. The number of carbonyl (C=O) groups is 4. The number of nitrogens with zero attached hydrogens (tertiary/aromatic N) is 3. The monoisotopic (exact) mass is 449 g/mol. The van der Waals surface area contributed by atoms with Crippen LogP contribution in [0.15, 0.2) is 60.2 Å². The molecule has 172 valence electrons. The Morgan fingerprint density at radius 2 is 1.52 bits per heavy atom. The minimum atomic E-state index is -0.853. The number of methoxy groups -OCH3 is 1. The van der Waals surface area contributed by atoms with Gasteiger partial charge in [0.2, 0.25) is 0 Å². The molecule has 1 aliphatic heterocycles. The summed E-state index contributed by atoms with van der Waals surface area (Å²) in [4.78, 5) is 54.9. The van der Waals surface area contributed by atoms with E-state index in [0.717, 1.165) is 34.1 Å². The Bertz CT molecular complexity index is 1060. The summed E-state index contributed by atoms with van der Waals surface area (Å²) in [5, 5.41) is 0. The van der Waals surface area contributed by atoms with Crippen LogP contribution in [0.1, 0.15) is 25.0 Å². The predicted molar refractivity (Wildman–Crippen MR) is 124 cm³/mol. The Hall–Kier alpha value is -3.94. The number of imide groups is 2. The normalized spacial score (nSPS) is 15.2. The maximum Gasteiger partial charge on any atom is 0.334 e.